The molecule has 2 nitrogen and oxygen atoms in total. The van der Waals surface area contributed by atoms with Crippen LogP contribution in [0, 0.1) is 10.5 Å². The lowest BCUT2D eigenvalue weighted by Crippen LogP contribution is -2.04. The quantitative estimate of drug-likeness (QED) is 0.727. The molecule has 0 aromatic heterocycles. The predicted octanol–water partition coefficient (Wildman–Crippen LogP) is 2.38. The molecule has 0 aliphatic carbocycles. The molecular weight excluding hydrogens is 277 g/mol. The Morgan fingerprint density at radius 1 is 1.46 bits per heavy atom. The Morgan fingerprint density at radius 3 is 3.00 bits per heavy atom. The summed E-state index contributed by atoms with van der Waals surface area (Å²) in [7, 11) is 0. The SMILES string of the molecule is Cc1c(I)cccc1C1=NCCO1. The Balaban J connectivity index is 2.45. The van der Waals surface area contributed by atoms with Crippen molar-refractivity contribution in [2.75, 3.05) is 13.2 Å². The Morgan fingerprint density at radius 2 is 2.31 bits per heavy atom. The minimum Gasteiger partial charge on any atom is -0.476 e. The van der Waals surface area contributed by atoms with Crippen molar-refractivity contribution in [2.24, 2.45) is 4.99 Å². The molecule has 0 N–H and O–H groups in total. The van der Waals surface area contributed by atoms with Crippen LogP contribution in [0.3, 0.4) is 0 Å². The molecule has 0 saturated carbocycles. The summed E-state index contributed by atoms with van der Waals surface area (Å²) in [6.07, 6.45) is 0. The number of benzene rings is 1. The van der Waals surface area contributed by atoms with Crippen molar-refractivity contribution in [1.29, 1.82) is 0 Å². The topological polar surface area (TPSA) is 21.6 Å². The normalized spacial score (nSPS) is 15.4. The van der Waals surface area contributed by atoms with Gasteiger partial charge >= 0.3 is 0 Å². The van der Waals surface area contributed by atoms with Crippen LogP contribution in [0.2, 0.25) is 0 Å². The van der Waals surface area contributed by atoms with E-state index in [1.54, 1.807) is 0 Å². The molecule has 0 saturated heterocycles. The smallest absolute Gasteiger partial charge is 0.216 e. The summed E-state index contributed by atoms with van der Waals surface area (Å²) in [6, 6.07) is 6.19. The third-order valence-electron chi connectivity index (χ3n) is 2.08. The number of halogens is 1. The summed E-state index contributed by atoms with van der Waals surface area (Å²) in [5.74, 6) is 0.802. The molecule has 0 bridgehead atoms. The highest BCUT2D eigenvalue weighted by atomic mass is 127. The first-order chi connectivity index (χ1) is 6.29. The van der Waals surface area contributed by atoms with Gasteiger partial charge in [0.15, 0.2) is 0 Å². The minimum atomic E-state index is 0.722. The van der Waals surface area contributed by atoms with Crippen LogP contribution in [-0.4, -0.2) is 19.0 Å². The lowest BCUT2D eigenvalue weighted by atomic mass is 10.1. The fourth-order valence-corrected chi connectivity index (χ4v) is 1.84. The number of nitrogens with zero attached hydrogens (tertiary/aromatic N) is 1. The summed E-state index contributed by atoms with van der Waals surface area (Å²) in [5, 5.41) is 0. The second-order valence-electron chi connectivity index (χ2n) is 2.95. The van der Waals surface area contributed by atoms with Crippen molar-refractivity contribution in [3.8, 4) is 0 Å². The third kappa shape index (κ3) is 1.70. The maximum atomic E-state index is 5.42. The first-order valence-electron chi connectivity index (χ1n) is 4.22. The minimum absolute atomic E-state index is 0.722. The van der Waals surface area contributed by atoms with Crippen LogP contribution in [0.1, 0.15) is 11.1 Å². The van der Waals surface area contributed by atoms with Gasteiger partial charge in [0.05, 0.1) is 6.54 Å². The fraction of sp³-hybridized carbons (Fsp3) is 0.300. The summed E-state index contributed by atoms with van der Waals surface area (Å²) in [5.41, 5.74) is 2.38. The van der Waals surface area contributed by atoms with Crippen molar-refractivity contribution in [3.05, 3.63) is 32.9 Å². The number of rotatable bonds is 1. The Bertz CT molecular complexity index is 360. The van der Waals surface area contributed by atoms with Crippen LogP contribution in [0.25, 0.3) is 0 Å². The first kappa shape index (κ1) is 8.99. The van der Waals surface area contributed by atoms with Gasteiger partial charge in [-0.1, -0.05) is 6.07 Å². The van der Waals surface area contributed by atoms with Gasteiger partial charge in [0, 0.05) is 9.13 Å². The number of hydrogen-bond donors (Lipinski definition) is 0. The van der Waals surface area contributed by atoms with E-state index < -0.39 is 0 Å². The molecule has 0 amide bonds. The second-order valence-corrected chi connectivity index (χ2v) is 4.11. The van der Waals surface area contributed by atoms with E-state index in [0.717, 1.165) is 24.6 Å². The Kier molecular flexibility index (Phi) is 2.53. The van der Waals surface area contributed by atoms with Gasteiger partial charge in [-0.15, -0.1) is 0 Å². The number of ether oxygens (including phenoxy) is 1. The molecule has 0 spiro atoms. The van der Waals surface area contributed by atoms with Gasteiger partial charge in [-0.05, 0) is 47.2 Å². The van der Waals surface area contributed by atoms with Crippen molar-refractivity contribution in [3.63, 3.8) is 0 Å². The van der Waals surface area contributed by atoms with Crippen molar-refractivity contribution in [1.82, 2.24) is 0 Å². The third-order valence-corrected chi connectivity index (χ3v) is 3.25. The molecule has 0 radical (unpaired) electrons. The van der Waals surface area contributed by atoms with Gasteiger partial charge < -0.3 is 4.74 Å². The zero-order valence-corrected chi connectivity index (χ0v) is 9.54. The zero-order chi connectivity index (χ0) is 9.26. The predicted molar refractivity (Wildman–Crippen MR) is 61.3 cm³/mol. The van der Waals surface area contributed by atoms with E-state index in [-0.39, 0.29) is 0 Å². The molecular formula is C10H10INO. The van der Waals surface area contributed by atoms with Gasteiger partial charge in [-0.2, -0.15) is 0 Å². The second kappa shape index (κ2) is 3.65. The average Bonchev–Trinajstić information content (AvgIpc) is 2.62. The van der Waals surface area contributed by atoms with Crippen molar-refractivity contribution >= 4 is 28.5 Å². The van der Waals surface area contributed by atoms with Gasteiger partial charge in [0.25, 0.3) is 0 Å². The highest BCUT2D eigenvalue weighted by Crippen LogP contribution is 2.18. The molecule has 1 aliphatic heterocycles. The summed E-state index contributed by atoms with van der Waals surface area (Å²) >= 11 is 2.33. The summed E-state index contributed by atoms with van der Waals surface area (Å²) in [6.45, 7) is 3.61. The van der Waals surface area contributed by atoms with Crippen LogP contribution in [0.4, 0.5) is 0 Å². The van der Waals surface area contributed by atoms with Gasteiger partial charge in [0.1, 0.15) is 6.61 Å². The van der Waals surface area contributed by atoms with Crippen LogP contribution in [0.15, 0.2) is 23.2 Å². The number of hydrogen-bond acceptors (Lipinski definition) is 2. The van der Waals surface area contributed by atoms with Gasteiger partial charge in [-0.25, -0.2) is 4.99 Å². The molecule has 2 rings (SSSR count). The van der Waals surface area contributed by atoms with E-state index in [9.17, 15) is 0 Å². The van der Waals surface area contributed by atoms with E-state index in [0.29, 0.717) is 0 Å². The van der Waals surface area contributed by atoms with E-state index in [4.69, 9.17) is 4.74 Å². The standard InChI is InChI=1S/C10H10INO/c1-7-8(3-2-4-9(7)11)10-12-5-6-13-10/h2-4H,5-6H2,1H3. The Labute approximate surface area is 91.2 Å². The van der Waals surface area contributed by atoms with E-state index >= 15 is 0 Å². The molecule has 0 fully saturated rings. The average molecular weight is 287 g/mol. The molecule has 0 unspecified atom stereocenters. The van der Waals surface area contributed by atoms with Crippen molar-refractivity contribution in [2.45, 2.75) is 6.92 Å². The lowest BCUT2D eigenvalue weighted by molar-refractivity contribution is 0.348. The largest absolute Gasteiger partial charge is 0.476 e. The summed E-state index contributed by atoms with van der Waals surface area (Å²) in [4.78, 5) is 4.30. The van der Waals surface area contributed by atoms with Gasteiger partial charge in [-0.3, -0.25) is 0 Å². The van der Waals surface area contributed by atoms with Crippen LogP contribution >= 0.6 is 22.6 Å². The molecule has 68 valence electrons. The molecule has 1 aliphatic rings. The molecule has 13 heavy (non-hydrogen) atoms. The van der Waals surface area contributed by atoms with Crippen LogP contribution in [-0.2, 0) is 4.74 Å². The maximum Gasteiger partial charge on any atom is 0.216 e. The zero-order valence-electron chi connectivity index (χ0n) is 7.38. The Hall–Kier alpha value is -0.580. The van der Waals surface area contributed by atoms with E-state index in [1.165, 1.54) is 9.13 Å². The molecule has 1 aromatic carbocycles. The molecule has 1 aromatic rings. The monoisotopic (exact) mass is 287 g/mol. The molecule has 0 atom stereocenters. The van der Waals surface area contributed by atoms with E-state index in [1.807, 2.05) is 6.07 Å². The fourth-order valence-electron chi connectivity index (χ4n) is 1.34. The maximum absolute atomic E-state index is 5.42. The van der Waals surface area contributed by atoms with Gasteiger partial charge in [0.2, 0.25) is 5.90 Å². The highest BCUT2D eigenvalue weighted by molar-refractivity contribution is 14.1. The first-order valence-corrected chi connectivity index (χ1v) is 5.29. The number of aliphatic imine (C=N–C) groups is 1. The molecule has 3 heteroatoms. The van der Waals surface area contributed by atoms with Crippen LogP contribution in [0.5, 0.6) is 0 Å². The molecule has 1 heterocycles. The summed E-state index contributed by atoms with van der Waals surface area (Å²) < 4.78 is 6.68. The van der Waals surface area contributed by atoms with Crippen LogP contribution < -0.4 is 0 Å². The van der Waals surface area contributed by atoms with E-state index in [2.05, 4.69) is 46.6 Å². The lowest BCUT2D eigenvalue weighted by Gasteiger charge is -2.06. The highest BCUT2D eigenvalue weighted by Gasteiger charge is 2.13. The van der Waals surface area contributed by atoms with Crippen molar-refractivity contribution < 1.29 is 4.74 Å².